The number of carbonyl (C=O) groups is 1. The van der Waals surface area contributed by atoms with Crippen LogP contribution in [0, 0.1) is 19.8 Å². The Morgan fingerprint density at radius 2 is 1.81 bits per heavy atom. The summed E-state index contributed by atoms with van der Waals surface area (Å²) in [7, 11) is 0. The van der Waals surface area contributed by atoms with Crippen molar-refractivity contribution in [1.82, 2.24) is 0 Å². The average Bonchev–Trinajstić information content (AvgIpc) is 2.30. The Kier molecular flexibility index (Phi) is 6.71. The van der Waals surface area contributed by atoms with Crippen LogP contribution in [0.5, 0.6) is 0 Å². The average molecular weight is 220 g/mol. The van der Waals surface area contributed by atoms with Crippen molar-refractivity contribution in [2.45, 2.75) is 48.0 Å². The molecule has 1 heteroatoms. The SMILES string of the molecule is CC.CC[C@@H](C)C(=O)c1ccc(C)cc1C. The van der Waals surface area contributed by atoms with Crippen molar-refractivity contribution >= 4 is 5.78 Å². The van der Waals surface area contributed by atoms with Crippen LogP contribution in [0.4, 0.5) is 0 Å². The Morgan fingerprint density at radius 1 is 1.25 bits per heavy atom. The standard InChI is InChI=1S/C13H18O.C2H6/c1-5-10(3)13(14)12-7-6-9(2)8-11(12)4;1-2/h6-8,10H,5H2,1-4H3;1-2H3/t10-;/m1./s1. The van der Waals surface area contributed by atoms with Gasteiger partial charge in [0.25, 0.3) is 0 Å². The first kappa shape index (κ1) is 14.9. The van der Waals surface area contributed by atoms with Gasteiger partial charge in [-0.05, 0) is 25.8 Å². The third kappa shape index (κ3) is 3.80. The van der Waals surface area contributed by atoms with E-state index in [9.17, 15) is 4.79 Å². The highest BCUT2D eigenvalue weighted by atomic mass is 16.1. The van der Waals surface area contributed by atoms with E-state index in [2.05, 4.69) is 6.07 Å². The number of Topliss-reactive ketones (excluding diaryl/α,β-unsaturated/α-hetero) is 1. The van der Waals surface area contributed by atoms with Gasteiger partial charge in [0.15, 0.2) is 5.78 Å². The maximum absolute atomic E-state index is 11.9. The number of hydrogen-bond donors (Lipinski definition) is 0. The summed E-state index contributed by atoms with van der Waals surface area (Å²) in [6.45, 7) is 12.1. The topological polar surface area (TPSA) is 17.1 Å². The Labute approximate surface area is 99.9 Å². The molecule has 1 atom stereocenters. The number of carbonyl (C=O) groups excluding carboxylic acids is 1. The zero-order chi connectivity index (χ0) is 12.7. The minimum absolute atomic E-state index is 0.136. The van der Waals surface area contributed by atoms with Gasteiger partial charge in [-0.15, -0.1) is 0 Å². The lowest BCUT2D eigenvalue weighted by Crippen LogP contribution is -2.11. The van der Waals surface area contributed by atoms with Crippen LogP contribution < -0.4 is 0 Å². The van der Waals surface area contributed by atoms with E-state index in [0.717, 1.165) is 17.5 Å². The second-order valence-corrected chi connectivity index (χ2v) is 3.99. The molecule has 0 unspecified atom stereocenters. The summed E-state index contributed by atoms with van der Waals surface area (Å²) in [5.74, 6) is 0.404. The quantitative estimate of drug-likeness (QED) is 0.682. The van der Waals surface area contributed by atoms with Gasteiger partial charge >= 0.3 is 0 Å². The maximum Gasteiger partial charge on any atom is 0.165 e. The van der Waals surface area contributed by atoms with E-state index in [1.807, 2.05) is 53.7 Å². The summed E-state index contributed by atoms with van der Waals surface area (Å²) in [6, 6.07) is 6.01. The predicted octanol–water partition coefficient (Wildman–Crippen LogP) is 4.56. The molecule has 16 heavy (non-hydrogen) atoms. The molecule has 1 aromatic rings. The number of ketones is 1. The van der Waals surface area contributed by atoms with E-state index in [-0.39, 0.29) is 11.7 Å². The largest absolute Gasteiger partial charge is 0.294 e. The molecule has 1 rings (SSSR count). The molecule has 0 amide bonds. The Morgan fingerprint density at radius 3 is 2.25 bits per heavy atom. The molecule has 0 aliphatic rings. The molecule has 1 nitrogen and oxygen atoms in total. The molecule has 90 valence electrons. The first-order chi connectivity index (χ1) is 7.56. The molecule has 0 fully saturated rings. The lowest BCUT2D eigenvalue weighted by atomic mass is 9.93. The fourth-order valence-electron chi connectivity index (χ4n) is 1.54. The molecular formula is C15H24O. The molecular weight excluding hydrogens is 196 g/mol. The smallest absolute Gasteiger partial charge is 0.165 e. The summed E-state index contributed by atoms with van der Waals surface area (Å²) in [4.78, 5) is 11.9. The van der Waals surface area contributed by atoms with Crippen molar-refractivity contribution in [1.29, 1.82) is 0 Å². The van der Waals surface area contributed by atoms with Gasteiger partial charge < -0.3 is 0 Å². The summed E-state index contributed by atoms with van der Waals surface area (Å²) in [6.07, 6.45) is 0.909. The predicted molar refractivity (Wildman–Crippen MR) is 71.0 cm³/mol. The highest BCUT2D eigenvalue weighted by molar-refractivity contribution is 5.98. The van der Waals surface area contributed by atoms with E-state index < -0.39 is 0 Å². The van der Waals surface area contributed by atoms with Crippen molar-refractivity contribution in [3.8, 4) is 0 Å². The second-order valence-electron chi connectivity index (χ2n) is 3.99. The van der Waals surface area contributed by atoms with Crippen molar-refractivity contribution in [3.63, 3.8) is 0 Å². The van der Waals surface area contributed by atoms with E-state index in [0.29, 0.717) is 0 Å². The number of aryl methyl sites for hydroxylation is 2. The van der Waals surface area contributed by atoms with Gasteiger partial charge in [-0.1, -0.05) is 51.5 Å². The van der Waals surface area contributed by atoms with Crippen molar-refractivity contribution in [3.05, 3.63) is 34.9 Å². The molecule has 0 saturated heterocycles. The van der Waals surface area contributed by atoms with E-state index >= 15 is 0 Å². The molecule has 0 aliphatic heterocycles. The van der Waals surface area contributed by atoms with Crippen molar-refractivity contribution < 1.29 is 4.79 Å². The fraction of sp³-hybridized carbons (Fsp3) is 0.533. The van der Waals surface area contributed by atoms with Gasteiger partial charge in [-0.3, -0.25) is 4.79 Å². The second kappa shape index (κ2) is 7.21. The normalized spacial score (nSPS) is 11.4. The van der Waals surface area contributed by atoms with Gasteiger partial charge in [-0.25, -0.2) is 0 Å². The molecule has 0 N–H and O–H groups in total. The lowest BCUT2D eigenvalue weighted by molar-refractivity contribution is 0.0926. The maximum atomic E-state index is 11.9. The molecule has 0 bridgehead atoms. The van der Waals surface area contributed by atoms with Gasteiger partial charge in [0.1, 0.15) is 0 Å². The van der Waals surface area contributed by atoms with Crippen molar-refractivity contribution in [2.24, 2.45) is 5.92 Å². The van der Waals surface area contributed by atoms with Gasteiger partial charge in [0.2, 0.25) is 0 Å². The Bertz CT molecular complexity index is 339. The lowest BCUT2D eigenvalue weighted by Gasteiger charge is -2.10. The molecule has 0 aliphatic carbocycles. The van der Waals surface area contributed by atoms with Gasteiger partial charge in [-0.2, -0.15) is 0 Å². The van der Waals surface area contributed by atoms with E-state index in [4.69, 9.17) is 0 Å². The summed E-state index contributed by atoms with van der Waals surface area (Å²) < 4.78 is 0. The highest BCUT2D eigenvalue weighted by Gasteiger charge is 2.14. The Hall–Kier alpha value is -1.11. The van der Waals surface area contributed by atoms with Gasteiger partial charge in [0.05, 0.1) is 0 Å². The summed E-state index contributed by atoms with van der Waals surface area (Å²) >= 11 is 0. The van der Waals surface area contributed by atoms with Crippen LogP contribution in [0.2, 0.25) is 0 Å². The fourth-order valence-corrected chi connectivity index (χ4v) is 1.54. The first-order valence-electron chi connectivity index (χ1n) is 6.17. The molecule has 0 radical (unpaired) electrons. The van der Waals surface area contributed by atoms with Gasteiger partial charge in [0, 0.05) is 11.5 Å². The molecule has 0 heterocycles. The first-order valence-corrected chi connectivity index (χ1v) is 6.17. The number of rotatable bonds is 3. The van der Waals surface area contributed by atoms with Crippen LogP contribution in [0.15, 0.2) is 18.2 Å². The van der Waals surface area contributed by atoms with Crippen LogP contribution >= 0.6 is 0 Å². The summed E-state index contributed by atoms with van der Waals surface area (Å²) in [5, 5.41) is 0. The molecule has 0 aromatic heterocycles. The third-order valence-electron chi connectivity index (χ3n) is 2.71. The minimum Gasteiger partial charge on any atom is -0.294 e. The summed E-state index contributed by atoms with van der Waals surface area (Å²) in [5.41, 5.74) is 3.18. The van der Waals surface area contributed by atoms with Crippen LogP contribution in [0.1, 0.15) is 55.6 Å². The molecule has 0 saturated carbocycles. The van der Waals surface area contributed by atoms with E-state index in [1.165, 1.54) is 5.56 Å². The Balaban J connectivity index is 0.00000106. The highest BCUT2D eigenvalue weighted by Crippen LogP contribution is 2.16. The minimum atomic E-state index is 0.136. The number of hydrogen-bond acceptors (Lipinski definition) is 1. The molecule has 0 spiro atoms. The number of benzene rings is 1. The van der Waals surface area contributed by atoms with Crippen LogP contribution in [0.3, 0.4) is 0 Å². The van der Waals surface area contributed by atoms with Crippen LogP contribution in [0.25, 0.3) is 0 Å². The third-order valence-corrected chi connectivity index (χ3v) is 2.71. The van der Waals surface area contributed by atoms with Crippen LogP contribution in [-0.4, -0.2) is 5.78 Å². The zero-order valence-electron chi connectivity index (χ0n) is 11.4. The van der Waals surface area contributed by atoms with E-state index in [1.54, 1.807) is 0 Å². The van der Waals surface area contributed by atoms with Crippen LogP contribution in [-0.2, 0) is 0 Å². The van der Waals surface area contributed by atoms with Crippen molar-refractivity contribution in [2.75, 3.05) is 0 Å². The molecule has 1 aromatic carbocycles. The zero-order valence-corrected chi connectivity index (χ0v) is 11.4. The monoisotopic (exact) mass is 220 g/mol.